The SMILES string of the molecule is O=C(NCCCOc1ccc(F)cc1)N1CCCN(Cc2ccccc2)CC1. The Morgan fingerprint density at radius 2 is 1.79 bits per heavy atom. The highest BCUT2D eigenvalue weighted by Crippen LogP contribution is 2.11. The first-order chi connectivity index (χ1) is 13.7. The molecular weight excluding hydrogens is 357 g/mol. The normalized spacial score (nSPS) is 15.1. The van der Waals surface area contributed by atoms with Crippen LogP contribution >= 0.6 is 0 Å². The van der Waals surface area contributed by atoms with E-state index in [0.717, 1.165) is 39.1 Å². The monoisotopic (exact) mass is 385 g/mol. The summed E-state index contributed by atoms with van der Waals surface area (Å²) in [5, 5.41) is 2.97. The second-order valence-electron chi connectivity index (χ2n) is 6.99. The third-order valence-corrected chi connectivity index (χ3v) is 4.80. The molecule has 0 unspecified atom stereocenters. The molecule has 1 aliphatic heterocycles. The molecule has 0 bridgehead atoms. The summed E-state index contributed by atoms with van der Waals surface area (Å²) in [6.45, 7) is 5.38. The number of hydrogen-bond donors (Lipinski definition) is 1. The van der Waals surface area contributed by atoms with Gasteiger partial charge in [-0.25, -0.2) is 9.18 Å². The first-order valence-corrected chi connectivity index (χ1v) is 9.88. The molecule has 0 atom stereocenters. The Kier molecular flexibility index (Phi) is 7.67. The fourth-order valence-corrected chi connectivity index (χ4v) is 3.27. The van der Waals surface area contributed by atoms with Crippen LogP contribution in [0.15, 0.2) is 54.6 Å². The van der Waals surface area contributed by atoms with Crippen LogP contribution in [0.1, 0.15) is 18.4 Å². The van der Waals surface area contributed by atoms with Gasteiger partial charge in [0.15, 0.2) is 0 Å². The van der Waals surface area contributed by atoms with Crippen molar-refractivity contribution in [3.63, 3.8) is 0 Å². The van der Waals surface area contributed by atoms with E-state index in [1.165, 1.54) is 17.7 Å². The molecule has 0 radical (unpaired) electrons. The lowest BCUT2D eigenvalue weighted by Crippen LogP contribution is -2.42. The number of nitrogens with one attached hydrogen (secondary N) is 1. The largest absolute Gasteiger partial charge is 0.494 e. The molecule has 5 nitrogen and oxygen atoms in total. The lowest BCUT2D eigenvalue weighted by molar-refractivity contribution is 0.196. The molecule has 1 heterocycles. The lowest BCUT2D eigenvalue weighted by atomic mass is 10.2. The standard InChI is InChI=1S/C22H28FN3O2/c23-20-8-10-21(11-9-20)28-17-4-12-24-22(27)26-14-5-13-25(15-16-26)18-19-6-2-1-3-7-19/h1-3,6-11H,4-5,12-18H2,(H,24,27). The lowest BCUT2D eigenvalue weighted by Gasteiger charge is -2.22. The van der Waals surface area contributed by atoms with Gasteiger partial charge >= 0.3 is 6.03 Å². The van der Waals surface area contributed by atoms with Crippen LogP contribution in [0, 0.1) is 5.82 Å². The fourth-order valence-electron chi connectivity index (χ4n) is 3.27. The van der Waals surface area contributed by atoms with Gasteiger partial charge < -0.3 is 15.0 Å². The van der Waals surface area contributed by atoms with E-state index in [-0.39, 0.29) is 11.8 Å². The minimum absolute atomic E-state index is 0.0108. The molecule has 1 aliphatic rings. The Bertz CT molecular complexity index is 724. The molecule has 0 aromatic heterocycles. The number of nitrogens with zero attached hydrogens (tertiary/aromatic N) is 2. The van der Waals surface area contributed by atoms with Crippen molar-refractivity contribution in [1.29, 1.82) is 0 Å². The van der Waals surface area contributed by atoms with Crippen LogP contribution in [0.2, 0.25) is 0 Å². The van der Waals surface area contributed by atoms with E-state index in [4.69, 9.17) is 4.74 Å². The summed E-state index contributed by atoms with van der Waals surface area (Å²) in [5.41, 5.74) is 1.31. The number of halogens is 1. The van der Waals surface area contributed by atoms with E-state index in [1.807, 2.05) is 11.0 Å². The van der Waals surface area contributed by atoms with Gasteiger partial charge in [0, 0.05) is 39.3 Å². The molecule has 0 spiro atoms. The van der Waals surface area contributed by atoms with Crippen LogP contribution in [0.25, 0.3) is 0 Å². The van der Waals surface area contributed by atoms with E-state index < -0.39 is 0 Å². The maximum absolute atomic E-state index is 12.8. The van der Waals surface area contributed by atoms with Crippen LogP contribution in [0.3, 0.4) is 0 Å². The van der Waals surface area contributed by atoms with Crippen molar-refractivity contribution in [2.45, 2.75) is 19.4 Å². The van der Waals surface area contributed by atoms with E-state index >= 15 is 0 Å². The third kappa shape index (κ3) is 6.53. The Balaban J connectivity index is 1.32. The molecule has 150 valence electrons. The highest BCUT2D eigenvalue weighted by molar-refractivity contribution is 5.74. The van der Waals surface area contributed by atoms with Crippen LogP contribution in [-0.2, 0) is 6.54 Å². The van der Waals surface area contributed by atoms with E-state index in [0.29, 0.717) is 25.3 Å². The quantitative estimate of drug-likeness (QED) is 0.742. The number of rotatable bonds is 7. The van der Waals surface area contributed by atoms with Crippen LogP contribution in [-0.4, -0.2) is 55.2 Å². The second kappa shape index (κ2) is 10.7. The second-order valence-corrected chi connectivity index (χ2v) is 6.99. The number of carbonyl (C=O) groups is 1. The van der Waals surface area contributed by atoms with Crippen molar-refractivity contribution < 1.29 is 13.9 Å². The summed E-state index contributed by atoms with van der Waals surface area (Å²) >= 11 is 0. The predicted molar refractivity (Wildman–Crippen MR) is 108 cm³/mol. The molecular formula is C22H28FN3O2. The van der Waals surface area contributed by atoms with E-state index in [2.05, 4.69) is 34.5 Å². The van der Waals surface area contributed by atoms with Gasteiger partial charge in [0.25, 0.3) is 0 Å². The smallest absolute Gasteiger partial charge is 0.317 e. The molecule has 1 saturated heterocycles. The molecule has 3 rings (SSSR count). The van der Waals surface area contributed by atoms with Crippen LogP contribution < -0.4 is 10.1 Å². The Labute approximate surface area is 166 Å². The van der Waals surface area contributed by atoms with E-state index in [1.54, 1.807) is 12.1 Å². The minimum Gasteiger partial charge on any atom is -0.494 e. The van der Waals surface area contributed by atoms with Crippen LogP contribution in [0.5, 0.6) is 5.75 Å². The molecule has 1 fully saturated rings. The molecule has 6 heteroatoms. The minimum atomic E-state index is -0.278. The van der Waals surface area contributed by atoms with Crippen molar-refractivity contribution in [1.82, 2.24) is 15.1 Å². The van der Waals surface area contributed by atoms with Gasteiger partial charge in [-0.2, -0.15) is 0 Å². The fraction of sp³-hybridized carbons (Fsp3) is 0.409. The zero-order valence-corrected chi connectivity index (χ0v) is 16.1. The van der Waals surface area contributed by atoms with Gasteiger partial charge in [0.1, 0.15) is 11.6 Å². The zero-order valence-electron chi connectivity index (χ0n) is 16.1. The first kappa shape index (κ1) is 20.1. The summed E-state index contributed by atoms with van der Waals surface area (Å²) in [7, 11) is 0. The number of benzene rings is 2. The highest BCUT2D eigenvalue weighted by atomic mass is 19.1. The summed E-state index contributed by atoms with van der Waals surface area (Å²) in [6, 6.07) is 16.4. The molecule has 2 aromatic rings. The van der Waals surface area contributed by atoms with Crippen molar-refractivity contribution in [2.24, 2.45) is 0 Å². The molecule has 28 heavy (non-hydrogen) atoms. The van der Waals surface area contributed by atoms with Crippen molar-refractivity contribution in [2.75, 3.05) is 39.3 Å². The van der Waals surface area contributed by atoms with Crippen molar-refractivity contribution >= 4 is 6.03 Å². The molecule has 1 N–H and O–H groups in total. The number of carbonyl (C=O) groups excluding carboxylic acids is 1. The van der Waals surface area contributed by atoms with Crippen LogP contribution in [0.4, 0.5) is 9.18 Å². The van der Waals surface area contributed by atoms with Gasteiger partial charge in [0.05, 0.1) is 6.61 Å². The maximum Gasteiger partial charge on any atom is 0.317 e. The van der Waals surface area contributed by atoms with Gasteiger partial charge in [-0.15, -0.1) is 0 Å². The number of ether oxygens (including phenoxy) is 1. The summed E-state index contributed by atoms with van der Waals surface area (Å²) in [5.74, 6) is 0.359. The summed E-state index contributed by atoms with van der Waals surface area (Å²) in [4.78, 5) is 16.7. The highest BCUT2D eigenvalue weighted by Gasteiger charge is 2.18. The molecule has 0 aliphatic carbocycles. The molecule has 0 saturated carbocycles. The molecule has 2 amide bonds. The first-order valence-electron chi connectivity index (χ1n) is 9.88. The number of hydrogen-bond acceptors (Lipinski definition) is 3. The molecule has 2 aromatic carbocycles. The summed E-state index contributed by atoms with van der Waals surface area (Å²) < 4.78 is 18.4. The average Bonchev–Trinajstić information content (AvgIpc) is 2.95. The van der Waals surface area contributed by atoms with Crippen molar-refractivity contribution in [3.05, 3.63) is 66.0 Å². The van der Waals surface area contributed by atoms with Gasteiger partial charge in [-0.3, -0.25) is 4.90 Å². The van der Waals surface area contributed by atoms with Gasteiger partial charge in [-0.1, -0.05) is 30.3 Å². The van der Waals surface area contributed by atoms with E-state index in [9.17, 15) is 9.18 Å². The Morgan fingerprint density at radius 1 is 1.00 bits per heavy atom. The van der Waals surface area contributed by atoms with Gasteiger partial charge in [0.2, 0.25) is 0 Å². The van der Waals surface area contributed by atoms with Gasteiger partial charge in [-0.05, 0) is 42.7 Å². The zero-order chi connectivity index (χ0) is 19.6. The predicted octanol–water partition coefficient (Wildman–Crippen LogP) is 3.51. The maximum atomic E-state index is 12.8. The van der Waals surface area contributed by atoms with Crippen molar-refractivity contribution in [3.8, 4) is 5.75 Å². The number of urea groups is 1. The number of amides is 2. The average molecular weight is 385 g/mol. The Hall–Kier alpha value is -2.60. The third-order valence-electron chi connectivity index (χ3n) is 4.80. The topological polar surface area (TPSA) is 44.8 Å². The Morgan fingerprint density at radius 3 is 2.57 bits per heavy atom. The summed E-state index contributed by atoms with van der Waals surface area (Å²) in [6.07, 6.45) is 1.69.